The summed E-state index contributed by atoms with van der Waals surface area (Å²) < 4.78 is 16.6. The molecular weight excluding hydrogens is 374 g/mol. The number of ether oxygens (including phenoxy) is 3. The van der Waals surface area contributed by atoms with Crippen LogP contribution in [0.3, 0.4) is 0 Å². The Morgan fingerprint density at radius 2 is 1.90 bits per heavy atom. The van der Waals surface area contributed by atoms with Crippen molar-refractivity contribution < 1.29 is 28.9 Å². The van der Waals surface area contributed by atoms with Crippen LogP contribution >= 0.6 is 0 Å². The van der Waals surface area contributed by atoms with Crippen LogP contribution < -0.4 is 19.5 Å². The highest BCUT2D eigenvalue weighted by molar-refractivity contribution is 5.94. The van der Waals surface area contributed by atoms with Gasteiger partial charge in [-0.15, -0.1) is 0 Å². The first-order chi connectivity index (χ1) is 14.0. The third kappa shape index (κ3) is 5.88. The van der Waals surface area contributed by atoms with E-state index in [-0.39, 0.29) is 18.6 Å². The molecule has 1 amide bonds. The lowest BCUT2D eigenvalue weighted by Gasteiger charge is -2.17. The number of carbonyl (C=O) groups excluding carboxylic acids is 1. The Morgan fingerprint density at radius 1 is 1.10 bits per heavy atom. The van der Waals surface area contributed by atoms with Crippen LogP contribution in [0.1, 0.15) is 41.6 Å². The fraction of sp³-hybridized carbons (Fsp3) is 0.364. The van der Waals surface area contributed by atoms with Crippen molar-refractivity contribution in [2.75, 3.05) is 13.7 Å². The summed E-state index contributed by atoms with van der Waals surface area (Å²) in [7, 11) is 1.58. The first-order valence-electron chi connectivity index (χ1n) is 9.61. The van der Waals surface area contributed by atoms with E-state index in [0.717, 1.165) is 31.2 Å². The molecule has 1 saturated carbocycles. The number of carboxylic acids is 1. The third-order valence-corrected chi connectivity index (χ3v) is 4.74. The van der Waals surface area contributed by atoms with Crippen LogP contribution in [0.4, 0.5) is 0 Å². The molecule has 0 saturated heterocycles. The van der Waals surface area contributed by atoms with E-state index in [0.29, 0.717) is 22.8 Å². The van der Waals surface area contributed by atoms with Gasteiger partial charge in [0.15, 0.2) is 18.1 Å². The standard InChI is InChI=1S/C22H25NO6/c1-27-19-10-9-16(12-20(19)29-17-6-2-3-7-17)22(26)23-13-15-5-4-8-18(11-15)28-14-21(24)25/h4-5,8-12,17H,2-3,6-7,13-14H2,1H3,(H,23,26)(H,24,25). The number of hydrogen-bond acceptors (Lipinski definition) is 5. The van der Waals surface area contributed by atoms with E-state index in [2.05, 4.69) is 5.32 Å². The molecule has 7 heteroatoms. The van der Waals surface area contributed by atoms with Gasteiger partial charge in [-0.3, -0.25) is 4.79 Å². The lowest BCUT2D eigenvalue weighted by Crippen LogP contribution is -2.23. The van der Waals surface area contributed by atoms with E-state index in [1.807, 2.05) is 6.07 Å². The van der Waals surface area contributed by atoms with Gasteiger partial charge in [-0.1, -0.05) is 12.1 Å². The third-order valence-electron chi connectivity index (χ3n) is 4.74. The summed E-state index contributed by atoms with van der Waals surface area (Å²) in [6.45, 7) is -0.126. The Bertz CT molecular complexity index is 860. The quantitative estimate of drug-likeness (QED) is 0.671. The highest BCUT2D eigenvalue weighted by atomic mass is 16.5. The number of carboxylic acid groups (broad SMARTS) is 1. The number of rotatable bonds is 9. The maximum atomic E-state index is 12.6. The van der Waals surface area contributed by atoms with Gasteiger partial charge < -0.3 is 24.6 Å². The maximum absolute atomic E-state index is 12.6. The summed E-state index contributed by atoms with van der Waals surface area (Å²) in [5.74, 6) is 0.350. The van der Waals surface area contributed by atoms with Gasteiger partial charge in [0.2, 0.25) is 0 Å². The van der Waals surface area contributed by atoms with Crippen molar-refractivity contribution in [1.29, 1.82) is 0 Å². The Kier molecular flexibility index (Phi) is 6.94. The minimum absolute atomic E-state index is 0.163. The second kappa shape index (κ2) is 9.82. The van der Waals surface area contributed by atoms with Crippen molar-refractivity contribution in [2.45, 2.75) is 38.3 Å². The summed E-state index contributed by atoms with van der Waals surface area (Å²) in [5, 5.41) is 11.6. The molecule has 0 aromatic heterocycles. The predicted octanol–water partition coefficient (Wildman–Crippen LogP) is 3.41. The highest BCUT2D eigenvalue weighted by Gasteiger charge is 2.19. The molecule has 0 heterocycles. The molecule has 2 aromatic rings. The molecule has 0 unspecified atom stereocenters. The van der Waals surface area contributed by atoms with Gasteiger partial charge in [0, 0.05) is 12.1 Å². The van der Waals surface area contributed by atoms with E-state index < -0.39 is 12.6 Å². The van der Waals surface area contributed by atoms with Gasteiger partial charge in [0.25, 0.3) is 5.91 Å². The number of carbonyl (C=O) groups is 2. The lowest BCUT2D eigenvalue weighted by atomic mass is 10.1. The molecule has 3 rings (SSSR count). The van der Waals surface area contributed by atoms with Gasteiger partial charge in [0.1, 0.15) is 5.75 Å². The molecule has 1 aliphatic rings. The molecule has 1 aliphatic carbocycles. The van der Waals surface area contributed by atoms with E-state index in [1.54, 1.807) is 43.5 Å². The molecule has 0 atom stereocenters. The van der Waals surface area contributed by atoms with Crippen molar-refractivity contribution >= 4 is 11.9 Å². The van der Waals surface area contributed by atoms with Crippen LogP contribution in [0, 0.1) is 0 Å². The van der Waals surface area contributed by atoms with Crippen molar-refractivity contribution in [2.24, 2.45) is 0 Å². The molecule has 0 radical (unpaired) electrons. The van der Waals surface area contributed by atoms with E-state index in [4.69, 9.17) is 19.3 Å². The Balaban J connectivity index is 1.63. The zero-order chi connectivity index (χ0) is 20.6. The number of methoxy groups -OCH3 is 1. The van der Waals surface area contributed by atoms with Crippen LogP contribution in [-0.4, -0.2) is 36.8 Å². The summed E-state index contributed by atoms with van der Waals surface area (Å²) in [6, 6.07) is 12.1. The largest absolute Gasteiger partial charge is 0.493 e. The lowest BCUT2D eigenvalue weighted by molar-refractivity contribution is -0.139. The Labute approximate surface area is 169 Å². The molecular formula is C22H25NO6. The monoisotopic (exact) mass is 399 g/mol. The topological polar surface area (TPSA) is 94.1 Å². The predicted molar refractivity (Wildman–Crippen MR) is 107 cm³/mol. The van der Waals surface area contributed by atoms with Crippen LogP contribution in [0.2, 0.25) is 0 Å². The van der Waals surface area contributed by atoms with Gasteiger partial charge in [-0.25, -0.2) is 4.79 Å². The molecule has 0 aliphatic heterocycles. The second-order valence-electron chi connectivity index (χ2n) is 6.90. The van der Waals surface area contributed by atoms with Crippen molar-refractivity contribution in [3.05, 3.63) is 53.6 Å². The molecule has 2 N–H and O–H groups in total. The number of benzene rings is 2. The van der Waals surface area contributed by atoms with E-state index in [9.17, 15) is 9.59 Å². The Hall–Kier alpha value is -3.22. The fourth-order valence-electron chi connectivity index (χ4n) is 3.27. The normalized spacial score (nSPS) is 13.7. The van der Waals surface area contributed by atoms with Gasteiger partial charge in [-0.05, 0) is 61.6 Å². The molecule has 7 nitrogen and oxygen atoms in total. The molecule has 2 aromatic carbocycles. The minimum atomic E-state index is -1.04. The molecule has 0 spiro atoms. The first-order valence-corrected chi connectivity index (χ1v) is 9.61. The summed E-state index contributed by atoms with van der Waals surface area (Å²) in [6.07, 6.45) is 4.50. The Morgan fingerprint density at radius 3 is 2.62 bits per heavy atom. The van der Waals surface area contributed by atoms with E-state index >= 15 is 0 Å². The average molecular weight is 399 g/mol. The van der Waals surface area contributed by atoms with Crippen LogP contribution in [0.5, 0.6) is 17.2 Å². The second-order valence-corrected chi connectivity index (χ2v) is 6.90. The fourth-order valence-corrected chi connectivity index (χ4v) is 3.27. The number of hydrogen-bond donors (Lipinski definition) is 2. The molecule has 0 bridgehead atoms. The first kappa shape index (κ1) is 20.5. The van der Waals surface area contributed by atoms with Gasteiger partial charge in [-0.2, -0.15) is 0 Å². The van der Waals surface area contributed by atoms with Crippen molar-refractivity contribution in [1.82, 2.24) is 5.32 Å². The molecule has 154 valence electrons. The SMILES string of the molecule is COc1ccc(C(=O)NCc2cccc(OCC(=O)O)c2)cc1OC1CCCC1. The van der Waals surface area contributed by atoms with Crippen molar-refractivity contribution in [3.8, 4) is 17.2 Å². The summed E-state index contributed by atoms with van der Waals surface area (Å²) in [5.41, 5.74) is 1.29. The zero-order valence-electron chi connectivity index (χ0n) is 16.3. The summed E-state index contributed by atoms with van der Waals surface area (Å²) >= 11 is 0. The van der Waals surface area contributed by atoms with Crippen LogP contribution in [-0.2, 0) is 11.3 Å². The maximum Gasteiger partial charge on any atom is 0.341 e. The molecule has 29 heavy (non-hydrogen) atoms. The van der Waals surface area contributed by atoms with Gasteiger partial charge >= 0.3 is 5.97 Å². The van der Waals surface area contributed by atoms with E-state index in [1.165, 1.54) is 0 Å². The van der Waals surface area contributed by atoms with Crippen molar-refractivity contribution in [3.63, 3.8) is 0 Å². The minimum Gasteiger partial charge on any atom is -0.493 e. The van der Waals surface area contributed by atoms with Gasteiger partial charge in [0.05, 0.1) is 13.2 Å². The average Bonchev–Trinajstić information content (AvgIpc) is 3.24. The van der Waals surface area contributed by atoms with Crippen LogP contribution in [0.25, 0.3) is 0 Å². The smallest absolute Gasteiger partial charge is 0.341 e. The number of amides is 1. The number of nitrogens with one attached hydrogen (secondary N) is 1. The summed E-state index contributed by atoms with van der Waals surface area (Å²) in [4.78, 5) is 23.2. The molecule has 1 fully saturated rings. The van der Waals surface area contributed by atoms with Crippen LogP contribution in [0.15, 0.2) is 42.5 Å². The zero-order valence-corrected chi connectivity index (χ0v) is 16.3. The number of aliphatic carboxylic acids is 1. The highest BCUT2D eigenvalue weighted by Crippen LogP contribution is 2.32.